The minimum Gasteiger partial charge on any atom is -0.399 e. The first-order valence-corrected chi connectivity index (χ1v) is 6.80. The van der Waals surface area contributed by atoms with Gasteiger partial charge in [0.2, 0.25) is 4.47 Å². The van der Waals surface area contributed by atoms with Gasteiger partial charge >= 0.3 is 0 Å². The number of hydrogen-bond acceptors (Lipinski definition) is 5. The average Bonchev–Trinajstić information content (AvgIpc) is 2.66. The molecule has 0 aliphatic heterocycles. The first-order chi connectivity index (χ1) is 7.65. The van der Waals surface area contributed by atoms with Crippen LogP contribution in [0.3, 0.4) is 0 Å². The van der Waals surface area contributed by atoms with Crippen molar-refractivity contribution in [2.24, 2.45) is 0 Å². The Morgan fingerprint density at radius 2 is 2.25 bits per heavy atom. The minimum atomic E-state index is 0.486. The second-order valence-electron chi connectivity index (χ2n) is 3.26. The molecule has 0 atom stereocenters. The highest BCUT2D eigenvalue weighted by atomic mass is 35.5. The fourth-order valence-corrected chi connectivity index (χ4v) is 3.13. The lowest BCUT2D eigenvalue weighted by molar-refractivity contribution is 1.04. The molecule has 0 unspecified atom stereocenters. The summed E-state index contributed by atoms with van der Waals surface area (Å²) in [5.41, 5.74) is 7.74. The maximum atomic E-state index is 5.74. The Bertz CT molecular complexity index is 499. The third-order valence-electron chi connectivity index (χ3n) is 2.01. The maximum absolute atomic E-state index is 5.74. The number of hydrogen-bond donors (Lipinski definition) is 1. The Morgan fingerprint density at radius 1 is 1.44 bits per heavy atom. The Hall–Kier alpha value is -0.780. The topological polar surface area (TPSA) is 51.8 Å². The first-order valence-electron chi connectivity index (χ1n) is 4.62. The second kappa shape index (κ2) is 5.03. The molecule has 6 heteroatoms. The van der Waals surface area contributed by atoms with Crippen molar-refractivity contribution in [3.05, 3.63) is 33.2 Å². The van der Waals surface area contributed by atoms with E-state index in [1.54, 1.807) is 11.8 Å². The molecule has 84 valence electrons. The molecule has 0 aliphatic carbocycles. The average molecular weight is 272 g/mol. The number of nitrogens with zero attached hydrogens (tertiary/aromatic N) is 2. The van der Waals surface area contributed by atoms with E-state index in [1.165, 1.54) is 21.8 Å². The first kappa shape index (κ1) is 11.7. The molecule has 0 aliphatic rings. The molecule has 2 aromatic rings. The van der Waals surface area contributed by atoms with E-state index in [0.29, 0.717) is 4.47 Å². The van der Waals surface area contributed by atoms with Gasteiger partial charge in [-0.25, -0.2) is 0 Å². The van der Waals surface area contributed by atoms with Crippen LogP contribution in [0.4, 0.5) is 5.69 Å². The van der Waals surface area contributed by atoms with Gasteiger partial charge in [-0.1, -0.05) is 17.4 Å². The van der Waals surface area contributed by atoms with Crippen molar-refractivity contribution in [3.8, 4) is 0 Å². The summed E-state index contributed by atoms with van der Waals surface area (Å²) in [6.45, 7) is 2.06. The predicted molar refractivity (Wildman–Crippen MR) is 70.1 cm³/mol. The third-order valence-corrected chi connectivity index (χ3v) is 4.38. The van der Waals surface area contributed by atoms with Gasteiger partial charge in [0.15, 0.2) is 0 Å². The summed E-state index contributed by atoms with van der Waals surface area (Å²) in [5.74, 6) is 0.773. The van der Waals surface area contributed by atoms with Crippen molar-refractivity contribution < 1.29 is 0 Å². The lowest BCUT2D eigenvalue weighted by Crippen LogP contribution is -1.88. The van der Waals surface area contributed by atoms with Gasteiger partial charge in [-0.3, -0.25) is 0 Å². The molecule has 2 N–H and O–H groups in total. The van der Waals surface area contributed by atoms with E-state index in [9.17, 15) is 0 Å². The normalized spacial score (nSPS) is 10.6. The molecule has 0 bridgehead atoms. The molecule has 0 radical (unpaired) electrons. The number of rotatable bonds is 3. The van der Waals surface area contributed by atoms with E-state index in [2.05, 4.69) is 17.1 Å². The van der Waals surface area contributed by atoms with Crippen molar-refractivity contribution in [3.63, 3.8) is 0 Å². The molecule has 3 nitrogen and oxygen atoms in total. The molecule has 1 aromatic carbocycles. The van der Waals surface area contributed by atoms with Gasteiger partial charge in [-0.05, 0) is 36.2 Å². The number of halogens is 1. The molecular weight excluding hydrogens is 262 g/mol. The Labute approximate surface area is 107 Å². The zero-order valence-corrected chi connectivity index (χ0v) is 11.0. The van der Waals surface area contributed by atoms with E-state index in [4.69, 9.17) is 17.3 Å². The van der Waals surface area contributed by atoms with Crippen LogP contribution in [0.1, 0.15) is 10.6 Å². The number of nitrogens with two attached hydrogens (primary N) is 1. The van der Waals surface area contributed by atoms with E-state index in [-0.39, 0.29) is 0 Å². The molecule has 16 heavy (non-hydrogen) atoms. The van der Waals surface area contributed by atoms with Crippen LogP contribution in [-0.2, 0) is 5.75 Å². The summed E-state index contributed by atoms with van der Waals surface area (Å²) in [7, 11) is 0. The lowest BCUT2D eigenvalue weighted by Gasteiger charge is -2.04. The fraction of sp³-hybridized carbons (Fsp3) is 0.200. The summed E-state index contributed by atoms with van der Waals surface area (Å²) in [4.78, 5) is 1.17. The smallest absolute Gasteiger partial charge is 0.207 e. The Balaban J connectivity index is 2.07. The number of nitrogen functional groups attached to an aromatic ring is 1. The molecule has 1 heterocycles. The fourth-order valence-electron chi connectivity index (χ4n) is 1.20. The van der Waals surface area contributed by atoms with Crippen LogP contribution in [0.25, 0.3) is 0 Å². The summed E-state index contributed by atoms with van der Waals surface area (Å²) in [5, 5.41) is 8.66. The van der Waals surface area contributed by atoms with Gasteiger partial charge in [0, 0.05) is 10.6 Å². The molecule has 0 spiro atoms. The molecule has 0 amide bonds. The molecular formula is C10H10ClN3S2. The number of benzene rings is 1. The molecule has 0 fully saturated rings. The number of aromatic nitrogens is 2. The van der Waals surface area contributed by atoms with Crippen LogP contribution in [0.2, 0.25) is 4.47 Å². The Morgan fingerprint density at radius 3 is 2.94 bits per heavy atom. The monoisotopic (exact) mass is 271 g/mol. The highest BCUT2D eigenvalue weighted by Gasteiger charge is 2.05. The standard InChI is InChI=1S/C10H10ClN3S2/c1-6-2-3-7(12)4-8(6)15-5-9-13-14-10(11)16-9/h2-4H,5,12H2,1H3. The van der Waals surface area contributed by atoms with E-state index < -0.39 is 0 Å². The summed E-state index contributed by atoms with van der Waals surface area (Å²) < 4.78 is 0.486. The van der Waals surface area contributed by atoms with Gasteiger partial charge < -0.3 is 5.73 Å². The SMILES string of the molecule is Cc1ccc(N)cc1SCc1nnc(Cl)s1. The van der Waals surface area contributed by atoms with Crippen LogP contribution < -0.4 is 5.73 Å². The summed E-state index contributed by atoms with van der Waals surface area (Å²) in [6, 6.07) is 5.90. The number of anilines is 1. The van der Waals surface area contributed by atoms with Crippen molar-refractivity contribution in [2.45, 2.75) is 17.6 Å². The zero-order valence-electron chi connectivity index (χ0n) is 8.61. The van der Waals surface area contributed by atoms with Gasteiger partial charge in [0.25, 0.3) is 0 Å². The van der Waals surface area contributed by atoms with Gasteiger partial charge in [0.1, 0.15) is 5.01 Å². The second-order valence-corrected chi connectivity index (χ2v) is 5.92. The van der Waals surface area contributed by atoms with Gasteiger partial charge in [0.05, 0.1) is 5.75 Å². The van der Waals surface area contributed by atoms with Crippen molar-refractivity contribution in [1.82, 2.24) is 10.2 Å². The maximum Gasteiger partial charge on any atom is 0.207 e. The highest BCUT2D eigenvalue weighted by molar-refractivity contribution is 7.98. The van der Waals surface area contributed by atoms with Crippen molar-refractivity contribution in [2.75, 3.05) is 5.73 Å². The predicted octanol–water partition coefficient (Wildman–Crippen LogP) is 3.37. The highest BCUT2D eigenvalue weighted by Crippen LogP contribution is 2.29. The minimum absolute atomic E-state index is 0.486. The quantitative estimate of drug-likeness (QED) is 0.687. The van der Waals surface area contributed by atoms with Crippen LogP contribution in [0.15, 0.2) is 23.1 Å². The number of thioether (sulfide) groups is 1. The molecule has 0 saturated heterocycles. The van der Waals surface area contributed by atoms with Gasteiger partial charge in [-0.15, -0.1) is 22.0 Å². The number of aryl methyl sites for hydroxylation is 1. The largest absolute Gasteiger partial charge is 0.399 e. The van der Waals surface area contributed by atoms with E-state index >= 15 is 0 Å². The molecule has 0 saturated carbocycles. The third kappa shape index (κ3) is 2.87. The summed E-state index contributed by atoms with van der Waals surface area (Å²) >= 11 is 8.82. The van der Waals surface area contributed by atoms with Gasteiger partial charge in [-0.2, -0.15) is 0 Å². The van der Waals surface area contributed by atoms with Crippen LogP contribution in [0.5, 0.6) is 0 Å². The van der Waals surface area contributed by atoms with E-state index in [1.807, 2.05) is 18.2 Å². The van der Waals surface area contributed by atoms with E-state index in [0.717, 1.165) is 16.4 Å². The summed E-state index contributed by atoms with van der Waals surface area (Å²) in [6.07, 6.45) is 0. The van der Waals surface area contributed by atoms with Crippen molar-refractivity contribution >= 4 is 40.4 Å². The van der Waals surface area contributed by atoms with Crippen molar-refractivity contribution in [1.29, 1.82) is 0 Å². The lowest BCUT2D eigenvalue weighted by atomic mass is 10.2. The van der Waals surface area contributed by atoms with Crippen LogP contribution in [-0.4, -0.2) is 10.2 Å². The molecule has 2 rings (SSSR count). The van der Waals surface area contributed by atoms with Crippen LogP contribution >= 0.6 is 34.7 Å². The Kier molecular flexibility index (Phi) is 3.68. The molecule has 1 aromatic heterocycles. The van der Waals surface area contributed by atoms with Crippen LogP contribution in [0, 0.1) is 6.92 Å². The zero-order chi connectivity index (χ0) is 11.5.